The molecule has 3 aliphatic rings. The van der Waals surface area contributed by atoms with E-state index in [0.717, 1.165) is 80.8 Å². The Kier molecular flexibility index (Phi) is 6.19. The molecule has 6 aromatic rings. The lowest BCUT2D eigenvalue weighted by Gasteiger charge is -2.34. The molecule has 0 bridgehead atoms. The van der Waals surface area contributed by atoms with Crippen LogP contribution in [0.5, 0.6) is 0 Å². The average Bonchev–Trinajstić information content (AvgIpc) is 3.77. The third-order valence-electron chi connectivity index (χ3n) is 9.41. The van der Waals surface area contributed by atoms with E-state index in [-0.39, 0.29) is 0 Å². The van der Waals surface area contributed by atoms with Crippen LogP contribution in [-0.4, -0.2) is 50.4 Å². The van der Waals surface area contributed by atoms with Gasteiger partial charge in [-0.05, 0) is 60.8 Å². The molecule has 2 aromatic heterocycles. The summed E-state index contributed by atoms with van der Waals surface area (Å²) < 4.78 is 0. The number of aromatic amines is 1. The quantitative estimate of drug-likeness (QED) is 0.275. The minimum absolute atomic E-state index is 0.375. The molecule has 3 aliphatic heterocycles. The van der Waals surface area contributed by atoms with Crippen LogP contribution in [-0.2, 0) is 6.54 Å². The number of piperidine rings is 1. The second-order valence-electron chi connectivity index (χ2n) is 12.2. The van der Waals surface area contributed by atoms with Crippen molar-refractivity contribution in [3.05, 3.63) is 107 Å². The molecule has 0 spiro atoms. The zero-order valence-electron chi connectivity index (χ0n) is 24.6. The summed E-state index contributed by atoms with van der Waals surface area (Å²) in [5.74, 6) is 0.986. The molecule has 8 heteroatoms. The lowest BCUT2D eigenvalue weighted by molar-refractivity contribution is 0.171. The molecule has 8 nitrogen and oxygen atoms in total. The van der Waals surface area contributed by atoms with Crippen molar-refractivity contribution in [2.75, 3.05) is 13.1 Å². The fourth-order valence-corrected chi connectivity index (χ4v) is 6.96. The summed E-state index contributed by atoms with van der Waals surface area (Å²) in [4.78, 5) is 25.0. The monoisotopic (exact) mass is 586 g/mol. The first kappa shape index (κ1) is 26.1. The van der Waals surface area contributed by atoms with Gasteiger partial charge in [-0.25, -0.2) is 15.0 Å². The molecule has 218 valence electrons. The molecule has 1 fully saturated rings. The molecule has 0 radical (unpaired) electrons. The summed E-state index contributed by atoms with van der Waals surface area (Å²) in [5.41, 5.74) is 11.0. The van der Waals surface area contributed by atoms with Crippen molar-refractivity contribution >= 4 is 46.3 Å². The van der Waals surface area contributed by atoms with Gasteiger partial charge in [0.2, 0.25) is 0 Å². The predicted molar refractivity (Wildman–Crippen MR) is 179 cm³/mol. The Labute approximate surface area is 259 Å². The van der Waals surface area contributed by atoms with Gasteiger partial charge in [0, 0.05) is 35.4 Å². The largest absolute Gasteiger partial charge is 0.351 e. The number of hydrogen-bond donors (Lipinski definition) is 1. The van der Waals surface area contributed by atoms with E-state index in [0.29, 0.717) is 11.8 Å². The summed E-state index contributed by atoms with van der Waals surface area (Å²) in [5, 5.41) is 10.4. The molecule has 0 aliphatic carbocycles. The van der Waals surface area contributed by atoms with Gasteiger partial charge in [-0.1, -0.05) is 66.7 Å². The summed E-state index contributed by atoms with van der Waals surface area (Å²) in [7, 11) is 0. The fourth-order valence-electron chi connectivity index (χ4n) is 6.96. The van der Waals surface area contributed by atoms with Crippen LogP contribution in [0.25, 0.3) is 50.7 Å². The van der Waals surface area contributed by atoms with Crippen LogP contribution in [0.15, 0.2) is 100 Å². The van der Waals surface area contributed by atoms with Crippen LogP contribution in [0, 0.1) is 11.8 Å². The van der Waals surface area contributed by atoms with Gasteiger partial charge in [0.1, 0.15) is 6.33 Å². The predicted octanol–water partition coefficient (Wildman–Crippen LogP) is 5.83. The number of aromatic nitrogens is 4. The van der Waals surface area contributed by atoms with Crippen molar-refractivity contribution in [3.63, 3.8) is 0 Å². The van der Waals surface area contributed by atoms with Crippen molar-refractivity contribution in [2.24, 2.45) is 27.0 Å². The summed E-state index contributed by atoms with van der Waals surface area (Å²) in [6.45, 7) is 3.13. The molecule has 1 atom stereocenters. The third-order valence-corrected chi connectivity index (χ3v) is 9.41. The average molecular weight is 587 g/mol. The Balaban J connectivity index is 0.927. The molecule has 0 amide bonds. The van der Waals surface area contributed by atoms with Crippen LogP contribution >= 0.6 is 0 Å². The van der Waals surface area contributed by atoms with Gasteiger partial charge < -0.3 is 4.98 Å². The van der Waals surface area contributed by atoms with Gasteiger partial charge in [-0.2, -0.15) is 10.2 Å². The van der Waals surface area contributed by atoms with Gasteiger partial charge in [0.15, 0.2) is 0 Å². The Morgan fingerprint density at radius 3 is 2.49 bits per heavy atom. The summed E-state index contributed by atoms with van der Waals surface area (Å²) >= 11 is 0. The molecule has 5 heterocycles. The first-order chi connectivity index (χ1) is 22.2. The Morgan fingerprint density at radius 1 is 0.822 bits per heavy atom. The van der Waals surface area contributed by atoms with Crippen LogP contribution < -0.4 is 10.6 Å². The number of nitrogens with zero attached hydrogens (tertiary/aromatic N) is 7. The van der Waals surface area contributed by atoms with Crippen LogP contribution in [0.2, 0.25) is 0 Å². The second-order valence-corrected chi connectivity index (χ2v) is 12.2. The van der Waals surface area contributed by atoms with Gasteiger partial charge in [-0.15, -0.1) is 0 Å². The van der Waals surface area contributed by atoms with E-state index in [2.05, 4.69) is 103 Å². The Morgan fingerprint density at radius 2 is 1.64 bits per heavy atom. The number of likely N-dealkylation sites (tertiary alicyclic amines) is 1. The zero-order chi connectivity index (χ0) is 29.7. The number of hydrogen-bond acceptors (Lipinski definition) is 7. The topological polar surface area (TPSA) is 94.8 Å². The van der Waals surface area contributed by atoms with Crippen molar-refractivity contribution < 1.29 is 0 Å². The first-order valence-electron chi connectivity index (χ1n) is 15.6. The number of H-pyrrole nitrogens is 1. The molecule has 4 aromatic carbocycles. The number of nitrogens with one attached hydrogen (secondary N) is 1. The van der Waals surface area contributed by atoms with Gasteiger partial charge >= 0.3 is 0 Å². The fraction of sp³-hybridized carbons (Fsp3) is 0.189. The third kappa shape index (κ3) is 4.74. The maximum absolute atomic E-state index is 5.11. The normalized spacial score (nSPS) is 17.7. The van der Waals surface area contributed by atoms with Gasteiger partial charge in [0.25, 0.3) is 0 Å². The lowest BCUT2D eigenvalue weighted by atomic mass is 9.83. The number of fused-ring (bicyclic) bond motifs is 5. The first-order valence-corrected chi connectivity index (χ1v) is 15.6. The van der Waals surface area contributed by atoms with Gasteiger partial charge in [0.05, 0.1) is 50.7 Å². The van der Waals surface area contributed by atoms with Crippen LogP contribution in [0.1, 0.15) is 24.0 Å². The van der Waals surface area contributed by atoms with Crippen LogP contribution in [0.4, 0.5) is 5.69 Å². The van der Waals surface area contributed by atoms with Crippen molar-refractivity contribution in [3.8, 4) is 22.5 Å². The summed E-state index contributed by atoms with van der Waals surface area (Å²) in [6.07, 6.45) is 10.3. The molecule has 1 N–H and O–H groups in total. The standard InChI is InChI=1S/C37H30N8/c1-2-4-25(5-3-1)36-37(43-34-18-32-31(39-22-40-32)17-33(34)42-36)26-8-6-23(7-9-26)21-45-14-12-24(13-15-45)28-16-27-10-11-30-29(20-41-44-30)35(27)38-19-28/h1-11,16-20,22,24,28,43H,12-15,21H2. The Hall–Kier alpha value is -5.34. The molecular formula is C37H30N8. The van der Waals surface area contributed by atoms with E-state index in [1.807, 2.05) is 24.4 Å². The smallest absolute Gasteiger partial charge is 0.116 e. The maximum Gasteiger partial charge on any atom is 0.116 e. The van der Waals surface area contributed by atoms with Crippen molar-refractivity contribution in [2.45, 2.75) is 19.4 Å². The van der Waals surface area contributed by atoms with E-state index in [9.17, 15) is 0 Å². The number of imidazole rings is 1. The van der Waals surface area contributed by atoms with Crippen molar-refractivity contribution in [1.29, 1.82) is 0 Å². The van der Waals surface area contributed by atoms with Crippen LogP contribution in [0.3, 0.4) is 0 Å². The molecule has 9 rings (SSSR count). The summed E-state index contributed by atoms with van der Waals surface area (Å²) in [6, 6.07) is 27.5. The van der Waals surface area contributed by atoms with E-state index < -0.39 is 0 Å². The highest BCUT2D eigenvalue weighted by atomic mass is 15.2. The molecule has 1 saturated heterocycles. The van der Waals surface area contributed by atoms with E-state index in [1.165, 1.54) is 23.6 Å². The zero-order valence-corrected chi connectivity index (χ0v) is 24.6. The van der Waals surface area contributed by atoms with Crippen molar-refractivity contribution in [1.82, 2.24) is 24.8 Å². The molecule has 45 heavy (non-hydrogen) atoms. The van der Waals surface area contributed by atoms with E-state index >= 15 is 0 Å². The highest BCUT2D eigenvalue weighted by Crippen LogP contribution is 2.33. The maximum atomic E-state index is 5.11. The van der Waals surface area contributed by atoms with E-state index in [1.54, 1.807) is 6.33 Å². The highest BCUT2D eigenvalue weighted by Gasteiger charge is 2.26. The number of benzene rings is 4. The number of rotatable bonds is 5. The van der Waals surface area contributed by atoms with Gasteiger partial charge in [-0.3, -0.25) is 9.89 Å². The second kappa shape index (κ2) is 10.7. The van der Waals surface area contributed by atoms with E-state index in [4.69, 9.17) is 9.98 Å². The number of aliphatic imine (C=N–C) groups is 1. The molecule has 0 saturated carbocycles. The molecular weight excluding hydrogens is 556 g/mol. The molecule has 1 unspecified atom stereocenters. The highest BCUT2D eigenvalue weighted by molar-refractivity contribution is 5.94. The minimum Gasteiger partial charge on any atom is -0.351 e. The Bertz CT molecular complexity index is 2260. The SMILES string of the molecule is C1=NN=c2ccc3c(c21)N=CC(C1CCN(Cc2ccc(-c4[nH]c5cc6ncnc6cc5nc4-c4ccccc4)cc2)CC1)C=3. The lowest BCUT2D eigenvalue weighted by Crippen LogP contribution is -2.36. The minimum atomic E-state index is 0.375.